The zero-order valence-corrected chi connectivity index (χ0v) is 10.0. The minimum Gasteiger partial charge on any atom is -0.504 e. The zero-order valence-electron chi connectivity index (χ0n) is 10.0. The molecular formula is C14H13N3O. The molecule has 0 saturated heterocycles. The average molecular weight is 239 g/mol. The van der Waals surface area contributed by atoms with E-state index in [0.29, 0.717) is 17.9 Å². The van der Waals surface area contributed by atoms with E-state index >= 15 is 0 Å². The SMILES string of the molecule is Cc1ccc(Cc2nc3c(O)cccn3n2)cc1. The minimum atomic E-state index is 0.153. The summed E-state index contributed by atoms with van der Waals surface area (Å²) in [6, 6.07) is 11.6. The lowest BCUT2D eigenvalue weighted by Crippen LogP contribution is -1.92. The van der Waals surface area contributed by atoms with Crippen LogP contribution in [0, 0.1) is 6.92 Å². The average Bonchev–Trinajstić information content (AvgIpc) is 2.76. The Bertz CT molecular complexity index is 686. The van der Waals surface area contributed by atoms with Crippen molar-refractivity contribution in [1.29, 1.82) is 0 Å². The molecule has 0 bridgehead atoms. The highest BCUT2D eigenvalue weighted by Crippen LogP contribution is 2.16. The van der Waals surface area contributed by atoms with Crippen molar-refractivity contribution in [3.8, 4) is 5.75 Å². The van der Waals surface area contributed by atoms with Gasteiger partial charge in [-0.2, -0.15) is 5.10 Å². The van der Waals surface area contributed by atoms with E-state index in [1.165, 1.54) is 5.56 Å². The molecule has 0 fully saturated rings. The molecule has 2 heterocycles. The zero-order chi connectivity index (χ0) is 12.5. The lowest BCUT2D eigenvalue weighted by atomic mass is 10.1. The maximum atomic E-state index is 9.66. The predicted octanol–water partition coefficient (Wildman–Crippen LogP) is 2.33. The van der Waals surface area contributed by atoms with Crippen molar-refractivity contribution in [2.24, 2.45) is 0 Å². The Kier molecular flexibility index (Phi) is 2.48. The van der Waals surface area contributed by atoms with E-state index in [1.54, 1.807) is 22.8 Å². The Morgan fingerprint density at radius 2 is 1.94 bits per heavy atom. The van der Waals surface area contributed by atoms with Crippen LogP contribution in [0.4, 0.5) is 0 Å². The molecule has 0 aliphatic heterocycles. The van der Waals surface area contributed by atoms with E-state index in [-0.39, 0.29) is 5.75 Å². The maximum absolute atomic E-state index is 9.66. The molecular weight excluding hydrogens is 226 g/mol. The first-order valence-electron chi connectivity index (χ1n) is 5.81. The topological polar surface area (TPSA) is 50.4 Å². The number of benzene rings is 1. The molecule has 0 amide bonds. The third-order valence-electron chi connectivity index (χ3n) is 2.87. The molecule has 1 aromatic carbocycles. The number of aromatic hydroxyl groups is 1. The third-order valence-corrected chi connectivity index (χ3v) is 2.87. The number of rotatable bonds is 2. The number of nitrogens with zero attached hydrogens (tertiary/aromatic N) is 3. The monoisotopic (exact) mass is 239 g/mol. The van der Waals surface area contributed by atoms with Crippen LogP contribution in [0.15, 0.2) is 42.6 Å². The van der Waals surface area contributed by atoms with Gasteiger partial charge in [-0.1, -0.05) is 29.8 Å². The van der Waals surface area contributed by atoms with Crippen LogP contribution in [0.25, 0.3) is 5.65 Å². The Morgan fingerprint density at radius 3 is 2.67 bits per heavy atom. The molecule has 1 N–H and O–H groups in total. The van der Waals surface area contributed by atoms with Gasteiger partial charge in [0.05, 0.1) is 0 Å². The van der Waals surface area contributed by atoms with Crippen LogP contribution < -0.4 is 0 Å². The first kappa shape index (κ1) is 10.8. The number of aryl methyl sites for hydroxylation is 1. The van der Waals surface area contributed by atoms with Gasteiger partial charge < -0.3 is 5.11 Å². The highest BCUT2D eigenvalue weighted by Gasteiger charge is 2.07. The standard InChI is InChI=1S/C14H13N3O/c1-10-4-6-11(7-5-10)9-13-15-14-12(18)3-2-8-17(14)16-13/h2-8,18H,9H2,1H3. The molecule has 0 unspecified atom stereocenters. The highest BCUT2D eigenvalue weighted by molar-refractivity contribution is 5.51. The van der Waals surface area contributed by atoms with Gasteiger partial charge in [-0.05, 0) is 24.6 Å². The lowest BCUT2D eigenvalue weighted by molar-refractivity contribution is 0.477. The molecule has 2 aromatic heterocycles. The second kappa shape index (κ2) is 4.14. The van der Waals surface area contributed by atoms with Crippen LogP contribution in [-0.2, 0) is 6.42 Å². The molecule has 4 nitrogen and oxygen atoms in total. The van der Waals surface area contributed by atoms with Crippen molar-refractivity contribution < 1.29 is 5.11 Å². The smallest absolute Gasteiger partial charge is 0.197 e. The first-order chi connectivity index (χ1) is 8.72. The number of fused-ring (bicyclic) bond motifs is 1. The number of aromatic nitrogens is 3. The predicted molar refractivity (Wildman–Crippen MR) is 68.6 cm³/mol. The summed E-state index contributed by atoms with van der Waals surface area (Å²) >= 11 is 0. The summed E-state index contributed by atoms with van der Waals surface area (Å²) in [5, 5.41) is 14.0. The molecule has 0 saturated carbocycles. The fourth-order valence-corrected chi connectivity index (χ4v) is 1.90. The first-order valence-corrected chi connectivity index (χ1v) is 5.81. The van der Waals surface area contributed by atoms with E-state index in [9.17, 15) is 5.11 Å². The van der Waals surface area contributed by atoms with Crippen molar-refractivity contribution in [2.45, 2.75) is 13.3 Å². The van der Waals surface area contributed by atoms with Gasteiger partial charge in [0.1, 0.15) is 0 Å². The fraction of sp³-hybridized carbons (Fsp3) is 0.143. The number of hydrogen-bond donors (Lipinski definition) is 1. The maximum Gasteiger partial charge on any atom is 0.197 e. The number of pyridine rings is 1. The van der Waals surface area contributed by atoms with Gasteiger partial charge in [0.2, 0.25) is 0 Å². The summed E-state index contributed by atoms with van der Waals surface area (Å²) < 4.78 is 1.60. The fourth-order valence-electron chi connectivity index (χ4n) is 1.90. The molecule has 3 rings (SSSR count). The summed E-state index contributed by atoms with van der Waals surface area (Å²) in [7, 11) is 0. The minimum absolute atomic E-state index is 0.153. The van der Waals surface area contributed by atoms with Crippen LogP contribution in [0.1, 0.15) is 17.0 Å². The molecule has 4 heteroatoms. The molecule has 0 radical (unpaired) electrons. The molecule has 0 aliphatic rings. The van der Waals surface area contributed by atoms with E-state index in [0.717, 1.165) is 5.56 Å². The molecule has 18 heavy (non-hydrogen) atoms. The van der Waals surface area contributed by atoms with Crippen LogP contribution >= 0.6 is 0 Å². The molecule has 90 valence electrons. The van der Waals surface area contributed by atoms with Crippen molar-refractivity contribution in [1.82, 2.24) is 14.6 Å². The van der Waals surface area contributed by atoms with Crippen LogP contribution in [0.3, 0.4) is 0 Å². The van der Waals surface area contributed by atoms with Gasteiger partial charge in [-0.15, -0.1) is 0 Å². The Hall–Kier alpha value is -2.36. The largest absolute Gasteiger partial charge is 0.504 e. The van der Waals surface area contributed by atoms with Crippen molar-refractivity contribution in [3.05, 3.63) is 59.5 Å². The number of hydrogen-bond acceptors (Lipinski definition) is 3. The molecule has 0 atom stereocenters. The highest BCUT2D eigenvalue weighted by atomic mass is 16.3. The quantitative estimate of drug-likeness (QED) is 0.746. The van der Waals surface area contributed by atoms with Crippen molar-refractivity contribution >= 4 is 5.65 Å². The Balaban J connectivity index is 1.95. The summed E-state index contributed by atoms with van der Waals surface area (Å²) in [6.45, 7) is 2.06. The van der Waals surface area contributed by atoms with Crippen LogP contribution in [-0.4, -0.2) is 19.7 Å². The Labute approximate surface area is 105 Å². The summed E-state index contributed by atoms with van der Waals surface area (Å²) in [5.41, 5.74) is 2.90. The van der Waals surface area contributed by atoms with Crippen LogP contribution in [0.5, 0.6) is 5.75 Å². The van der Waals surface area contributed by atoms with Crippen molar-refractivity contribution in [3.63, 3.8) is 0 Å². The van der Waals surface area contributed by atoms with Gasteiger partial charge in [0.25, 0.3) is 0 Å². The van der Waals surface area contributed by atoms with Gasteiger partial charge in [0, 0.05) is 12.6 Å². The van der Waals surface area contributed by atoms with E-state index in [2.05, 4.69) is 41.3 Å². The third kappa shape index (κ3) is 1.93. The van der Waals surface area contributed by atoms with E-state index in [4.69, 9.17) is 0 Å². The van der Waals surface area contributed by atoms with Gasteiger partial charge in [-0.3, -0.25) is 0 Å². The van der Waals surface area contributed by atoms with Crippen LogP contribution in [0.2, 0.25) is 0 Å². The second-order valence-corrected chi connectivity index (χ2v) is 4.35. The van der Waals surface area contributed by atoms with Gasteiger partial charge in [-0.25, -0.2) is 9.50 Å². The second-order valence-electron chi connectivity index (χ2n) is 4.35. The summed E-state index contributed by atoms with van der Waals surface area (Å²) in [6.07, 6.45) is 2.45. The Morgan fingerprint density at radius 1 is 1.17 bits per heavy atom. The molecule has 0 aliphatic carbocycles. The summed E-state index contributed by atoms with van der Waals surface area (Å²) in [4.78, 5) is 4.33. The lowest BCUT2D eigenvalue weighted by Gasteiger charge is -1.97. The van der Waals surface area contributed by atoms with E-state index < -0.39 is 0 Å². The normalized spacial score (nSPS) is 10.9. The molecule has 0 spiro atoms. The van der Waals surface area contributed by atoms with Gasteiger partial charge in [0.15, 0.2) is 17.2 Å². The van der Waals surface area contributed by atoms with E-state index in [1.807, 2.05) is 0 Å². The summed E-state index contributed by atoms with van der Waals surface area (Å²) in [5.74, 6) is 0.862. The van der Waals surface area contributed by atoms with Crippen molar-refractivity contribution in [2.75, 3.05) is 0 Å². The van der Waals surface area contributed by atoms with Gasteiger partial charge >= 0.3 is 0 Å². The molecule has 3 aromatic rings.